The third-order valence-corrected chi connectivity index (χ3v) is 4.28. The monoisotopic (exact) mass is 275 g/mol. The second kappa shape index (κ2) is 6.80. The summed E-state index contributed by atoms with van der Waals surface area (Å²) in [5.74, 6) is 0. The van der Waals surface area contributed by atoms with E-state index in [0.717, 1.165) is 13.0 Å². The van der Waals surface area contributed by atoms with Gasteiger partial charge >= 0.3 is 0 Å². The number of thiophene rings is 1. The van der Waals surface area contributed by atoms with Crippen molar-refractivity contribution in [3.8, 4) is 0 Å². The Morgan fingerprint density at radius 2 is 2.21 bits per heavy atom. The fourth-order valence-electron chi connectivity index (χ4n) is 2.32. The lowest BCUT2D eigenvalue weighted by atomic mass is 10.0. The zero-order valence-electron chi connectivity index (χ0n) is 11.5. The normalized spacial score (nSPS) is 14.5. The highest BCUT2D eigenvalue weighted by Gasteiger charge is 2.23. The molecule has 0 aliphatic heterocycles. The van der Waals surface area contributed by atoms with Crippen LogP contribution in [0.1, 0.15) is 29.8 Å². The van der Waals surface area contributed by atoms with Gasteiger partial charge in [0.2, 0.25) is 0 Å². The third-order valence-electron chi connectivity index (χ3n) is 3.34. The molecule has 2 rings (SSSR count). The van der Waals surface area contributed by atoms with Crippen LogP contribution in [0, 0.1) is 0 Å². The summed E-state index contributed by atoms with van der Waals surface area (Å²) in [6, 6.07) is 8.76. The zero-order valence-corrected chi connectivity index (χ0v) is 12.3. The molecule has 0 aromatic carbocycles. The van der Waals surface area contributed by atoms with Gasteiger partial charge in [-0.15, -0.1) is 11.3 Å². The third kappa shape index (κ3) is 3.62. The number of pyridine rings is 1. The molecule has 0 spiro atoms. The Morgan fingerprint density at radius 1 is 1.37 bits per heavy atom. The minimum atomic E-state index is 0.153. The van der Waals surface area contributed by atoms with E-state index in [1.54, 1.807) is 17.5 Å². The molecule has 2 heterocycles. The maximum Gasteiger partial charge on any atom is 0.0593 e. The molecule has 2 unspecified atom stereocenters. The molecular formula is C15H21N3S. The lowest BCUT2D eigenvalue weighted by molar-refractivity contribution is 0.205. The van der Waals surface area contributed by atoms with Gasteiger partial charge in [-0.2, -0.15) is 0 Å². The van der Waals surface area contributed by atoms with Gasteiger partial charge < -0.3 is 5.73 Å². The van der Waals surface area contributed by atoms with E-state index in [1.807, 2.05) is 12.3 Å². The molecule has 102 valence electrons. The minimum absolute atomic E-state index is 0.153. The first-order chi connectivity index (χ1) is 9.22. The number of aromatic nitrogens is 1. The Bertz CT molecular complexity index is 469. The van der Waals surface area contributed by atoms with Crippen molar-refractivity contribution in [1.82, 2.24) is 9.88 Å². The van der Waals surface area contributed by atoms with Crippen LogP contribution in [-0.4, -0.2) is 23.0 Å². The Balaban J connectivity index is 2.14. The van der Waals surface area contributed by atoms with Crippen molar-refractivity contribution in [1.29, 1.82) is 0 Å². The number of hydrogen-bond acceptors (Lipinski definition) is 4. The van der Waals surface area contributed by atoms with Crippen LogP contribution >= 0.6 is 11.3 Å². The van der Waals surface area contributed by atoms with Gasteiger partial charge in [-0.25, -0.2) is 0 Å². The first kappa shape index (κ1) is 14.2. The average molecular weight is 275 g/mol. The predicted molar refractivity (Wildman–Crippen MR) is 81.0 cm³/mol. The topological polar surface area (TPSA) is 42.1 Å². The number of nitrogens with two attached hydrogens (primary N) is 1. The van der Waals surface area contributed by atoms with E-state index in [-0.39, 0.29) is 12.1 Å². The highest BCUT2D eigenvalue weighted by Crippen LogP contribution is 2.28. The Labute approximate surface area is 119 Å². The Hall–Kier alpha value is -1.23. The second-order valence-electron chi connectivity index (χ2n) is 4.81. The predicted octanol–water partition coefficient (Wildman–Crippen LogP) is 3.05. The fourth-order valence-corrected chi connectivity index (χ4v) is 3.28. The molecule has 4 heteroatoms. The SMILES string of the molecule is CCC(N)C(c1cccs1)N(C)Cc1cccnc1. The van der Waals surface area contributed by atoms with E-state index in [1.165, 1.54) is 10.4 Å². The lowest BCUT2D eigenvalue weighted by Crippen LogP contribution is -2.38. The maximum absolute atomic E-state index is 6.31. The second-order valence-corrected chi connectivity index (χ2v) is 5.79. The van der Waals surface area contributed by atoms with E-state index in [2.05, 4.69) is 47.4 Å². The van der Waals surface area contributed by atoms with Crippen molar-refractivity contribution in [3.05, 3.63) is 52.5 Å². The average Bonchev–Trinajstić information content (AvgIpc) is 2.93. The van der Waals surface area contributed by atoms with Crippen LogP contribution in [0.4, 0.5) is 0 Å². The Morgan fingerprint density at radius 3 is 2.79 bits per heavy atom. The number of nitrogens with zero attached hydrogens (tertiary/aromatic N) is 2. The molecule has 0 amide bonds. The van der Waals surface area contributed by atoms with Gasteiger partial charge in [0.15, 0.2) is 0 Å². The summed E-state index contributed by atoms with van der Waals surface area (Å²) in [6.07, 6.45) is 4.69. The van der Waals surface area contributed by atoms with Crippen LogP contribution in [0.5, 0.6) is 0 Å². The summed E-state index contributed by atoms with van der Waals surface area (Å²) in [4.78, 5) is 7.82. The smallest absolute Gasteiger partial charge is 0.0593 e. The van der Waals surface area contributed by atoms with Crippen LogP contribution in [0.3, 0.4) is 0 Å². The molecule has 0 saturated heterocycles. The highest BCUT2D eigenvalue weighted by atomic mass is 32.1. The minimum Gasteiger partial charge on any atom is -0.326 e. The van der Waals surface area contributed by atoms with E-state index in [9.17, 15) is 0 Å². The quantitative estimate of drug-likeness (QED) is 0.881. The summed E-state index contributed by atoms with van der Waals surface area (Å²) in [7, 11) is 2.13. The van der Waals surface area contributed by atoms with Crippen LogP contribution < -0.4 is 5.73 Å². The van der Waals surface area contributed by atoms with Crippen molar-refractivity contribution in [3.63, 3.8) is 0 Å². The van der Waals surface area contributed by atoms with Crippen molar-refractivity contribution in [2.45, 2.75) is 32.0 Å². The summed E-state index contributed by atoms with van der Waals surface area (Å²) in [6.45, 7) is 3.01. The molecule has 19 heavy (non-hydrogen) atoms. The molecule has 3 nitrogen and oxygen atoms in total. The van der Waals surface area contributed by atoms with Crippen LogP contribution in [-0.2, 0) is 6.54 Å². The molecule has 0 bridgehead atoms. The molecule has 2 N–H and O–H groups in total. The lowest BCUT2D eigenvalue weighted by Gasteiger charge is -2.31. The van der Waals surface area contributed by atoms with Crippen molar-refractivity contribution in [2.75, 3.05) is 7.05 Å². The molecule has 2 atom stereocenters. The highest BCUT2D eigenvalue weighted by molar-refractivity contribution is 7.10. The molecule has 0 fully saturated rings. The number of hydrogen-bond donors (Lipinski definition) is 1. The van der Waals surface area contributed by atoms with E-state index in [4.69, 9.17) is 5.73 Å². The van der Waals surface area contributed by atoms with Gasteiger partial charge in [0.05, 0.1) is 6.04 Å². The Kier molecular flexibility index (Phi) is 5.07. The standard InChI is InChI=1S/C15H21N3S/c1-3-13(16)15(14-7-5-9-19-14)18(2)11-12-6-4-8-17-10-12/h4-10,13,15H,3,11,16H2,1-2H3. The van der Waals surface area contributed by atoms with Gasteiger partial charge in [-0.3, -0.25) is 9.88 Å². The van der Waals surface area contributed by atoms with Crippen molar-refractivity contribution >= 4 is 11.3 Å². The molecular weight excluding hydrogens is 254 g/mol. The molecule has 0 radical (unpaired) electrons. The summed E-state index contributed by atoms with van der Waals surface area (Å²) in [5, 5.41) is 2.11. The largest absolute Gasteiger partial charge is 0.326 e. The van der Waals surface area contributed by atoms with Gasteiger partial charge in [0.25, 0.3) is 0 Å². The van der Waals surface area contributed by atoms with Crippen molar-refractivity contribution < 1.29 is 0 Å². The molecule has 0 aliphatic rings. The van der Waals surface area contributed by atoms with Gasteiger partial charge in [-0.1, -0.05) is 19.1 Å². The van der Waals surface area contributed by atoms with Gasteiger partial charge in [-0.05, 0) is 36.5 Å². The van der Waals surface area contributed by atoms with Crippen LogP contribution in [0.2, 0.25) is 0 Å². The first-order valence-electron chi connectivity index (χ1n) is 6.60. The zero-order chi connectivity index (χ0) is 13.7. The molecule has 0 aliphatic carbocycles. The molecule has 2 aromatic heterocycles. The van der Waals surface area contributed by atoms with Gasteiger partial charge in [0, 0.05) is 29.9 Å². The summed E-state index contributed by atoms with van der Waals surface area (Å²) < 4.78 is 0. The number of likely N-dealkylation sites (N-methyl/N-ethyl adjacent to an activating group) is 1. The van der Waals surface area contributed by atoms with Crippen LogP contribution in [0.15, 0.2) is 42.0 Å². The molecule has 0 saturated carbocycles. The van der Waals surface area contributed by atoms with Crippen molar-refractivity contribution in [2.24, 2.45) is 5.73 Å². The molecule has 2 aromatic rings. The fraction of sp³-hybridized carbons (Fsp3) is 0.400. The summed E-state index contributed by atoms with van der Waals surface area (Å²) in [5.41, 5.74) is 7.53. The summed E-state index contributed by atoms with van der Waals surface area (Å²) >= 11 is 1.78. The van der Waals surface area contributed by atoms with E-state index >= 15 is 0 Å². The van der Waals surface area contributed by atoms with E-state index < -0.39 is 0 Å². The van der Waals surface area contributed by atoms with E-state index in [0.29, 0.717) is 0 Å². The van der Waals surface area contributed by atoms with Gasteiger partial charge in [0.1, 0.15) is 0 Å². The maximum atomic E-state index is 6.31. The van der Waals surface area contributed by atoms with Crippen LogP contribution in [0.25, 0.3) is 0 Å². The first-order valence-corrected chi connectivity index (χ1v) is 7.48. The number of rotatable bonds is 6.